The first kappa shape index (κ1) is 16.0. The van der Waals surface area contributed by atoms with Gasteiger partial charge >= 0.3 is 5.97 Å². The van der Waals surface area contributed by atoms with Gasteiger partial charge < -0.3 is 14.8 Å². The summed E-state index contributed by atoms with van der Waals surface area (Å²) < 4.78 is 11.6. The van der Waals surface area contributed by atoms with Crippen LogP contribution in [0.1, 0.15) is 16.6 Å². The second kappa shape index (κ2) is 6.72. The zero-order chi connectivity index (χ0) is 17.1. The van der Waals surface area contributed by atoms with E-state index in [1.165, 1.54) is 25.4 Å². The topological polar surface area (TPSA) is 64.6 Å². The number of anilines is 1. The van der Waals surface area contributed by atoms with Crippen LogP contribution in [0.15, 0.2) is 48.5 Å². The molecule has 0 aliphatic carbocycles. The van der Waals surface area contributed by atoms with E-state index in [9.17, 15) is 9.59 Å². The van der Waals surface area contributed by atoms with Gasteiger partial charge in [-0.05, 0) is 41.8 Å². The Morgan fingerprint density at radius 2 is 1.88 bits per heavy atom. The Kier molecular flexibility index (Phi) is 4.48. The SMILES string of the molecule is COC(=O)c1cc2ccc(Oc3ccccc3NC(C)=O)cc2s1. The highest BCUT2D eigenvalue weighted by atomic mass is 32.1. The van der Waals surface area contributed by atoms with Crippen LogP contribution < -0.4 is 10.1 Å². The Bertz CT molecular complexity index is 916. The van der Waals surface area contributed by atoms with E-state index < -0.39 is 0 Å². The lowest BCUT2D eigenvalue weighted by Crippen LogP contribution is -2.06. The quantitative estimate of drug-likeness (QED) is 0.713. The van der Waals surface area contributed by atoms with Crippen LogP contribution in [0, 0.1) is 0 Å². The third-order valence-corrected chi connectivity index (χ3v) is 4.38. The summed E-state index contributed by atoms with van der Waals surface area (Å²) in [4.78, 5) is 23.4. The van der Waals surface area contributed by atoms with Gasteiger partial charge in [0.2, 0.25) is 5.91 Å². The third kappa shape index (κ3) is 3.38. The molecular weight excluding hydrogens is 326 g/mol. The van der Waals surface area contributed by atoms with Crippen LogP contribution in [-0.2, 0) is 9.53 Å². The smallest absolute Gasteiger partial charge is 0.348 e. The molecule has 3 aromatic rings. The fourth-order valence-electron chi connectivity index (χ4n) is 2.25. The van der Waals surface area contributed by atoms with Crippen molar-refractivity contribution in [3.05, 3.63) is 53.4 Å². The zero-order valence-electron chi connectivity index (χ0n) is 13.2. The number of ether oxygens (including phenoxy) is 2. The molecule has 0 unspecified atom stereocenters. The van der Waals surface area contributed by atoms with Crippen molar-refractivity contribution in [1.29, 1.82) is 0 Å². The molecule has 122 valence electrons. The molecular formula is C18H15NO4S. The number of nitrogens with one attached hydrogen (secondary N) is 1. The Morgan fingerprint density at radius 1 is 1.08 bits per heavy atom. The summed E-state index contributed by atoms with van der Waals surface area (Å²) in [6, 6.07) is 14.6. The number of amides is 1. The number of fused-ring (bicyclic) bond motifs is 1. The summed E-state index contributed by atoms with van der Waals surface area (Å²) in [5, 5.41) is 3.68. The largest absolute Gasteiger partial charge is 0.465 e. The molecule has 1 aromatic heterocycles. The second-order valence-electron chi connectivity index (χ2n) is 5.08. The van der Waals surface area contributed by atoms with E-state index in [0.717, 1.165) is 10.1 Å². The van der Waals surface area contributed by atoms with Crippen molar-refractivity contribution in [2.75, 3.05) is 12.4 Å². The highest BCUT2D eigenvalue weighted by Crippen LogP contribution is 2.34. The molecule has 24 heavy (non-hydrogen) atoms. The lowest BCUT2D eigenvalue weighted by Gasteiger charge is -2.11. The van der Waals surface area contributed by atoms with Crippen molar-refractivity contribution in [1.82, 2.24) is 0 Å². The van der Waals surface area contributed by atoms with Crippen LogP contribution in [0.2, 0.25) is 0 Å². The molecule has 5 nitrogen and oxygen atoms in total. The lowest BCUT2D eigenvalue weighted by atomic mass is 10.2. The summed E-state index contributed by atoms with van der Waals surface area (Å²) in [5.41, 5.74) is 0.603. The number of thiophene rings is 1. The standard InChI is InChI=1S/C18H15NO4S/c1-11(20)19-14-5-3-4-6-15(14)23-13-8-7-12-9-17(18(21)22-2)24-16(12)10-13/h3-10H,1-2H3,(H,19,20). The molecule has 0 saturated carbocycles. The van der Waals surface area contributed by atoms with Crippen LogP contribution in [-0.4, -0.2) is 19.0 Å². The fourth-order valence-corrected chi connectivity index (χ4v) is 3.26. The summed E-state index contributed by atoms with van der Waals surface area (Å²) in [6.07, 6.45) is 0. The third-order valence-electron chi connectivity index (χ3n) is 3.30. The molecule has 0 aliphatic heterocycles. The summed E-state index contributed by atoms with van der Waals surface area (Å²) >= 11 is 1.35. The molecule has 1 N–H and O–H groups in total. The number of carbonyl (C=O) groups is 2. The van der Waals surface area contributed by atoms with Crippen LogP contribution in [0.3, 0.4) is 0 Å². The number of esters is 1. The van der Waals surface area contributed by atoms with E-state index in [4.69, 9.17) is 9.47 Å². The maximum atomic E-state index is 11.6. The predicted octanol–water partition coefficient (Wildman–Crippen LogP) is 4.44. The maximum Gasteiger partial charge on any atom is 0.348 e. The number of rotatable bonds is 4. The van der Waals surface area contributed by atoms with Crippen LogP contribution in [0.25, 0.3) is 10.1 Å². The monoisotopic (exact) mass is 341 g/mol. The van der Waals surface area contributed by atoms with Crippen molar-refractivity contribution < 1.29 is 19.1 Å². The van der Waals surface area contributed by atoms with E-state index in [0.29, 0.717) is 22.1 Å². The maximum absolute atomic E-state index is 11.6. The van der Waals surface area contributed by atoms with E-state index in [2.05, 4.69) is 5.32 Å². The minimum Gasteiger partial charge on any atom is -0.465 e. The van der Waals surface area contributed by atoms with Crippen molar-refractivity contribution in [2.45, 2.75) is 6.92 Å². The molecule has 0 saturated heterocycles. The Labute approximate surface area is 142 Å². The number of hydrogen-bond donors (Lipinski definition) is 1. The molecule has 6 heteroatoms. The highest BCUT2D eigenvalue weighted by Gasteiger charge is 2.12. The van der Waals surface area contributed by atoms with Gasteiger partial charge in [-0.25, -0.2) is 4.79 Å². The Morgan fingerprint density at radius 3 is 2.62 bits per heavy atom. The predicted molar refractivity (Wildman–Crippen MR) is 94.0 cm³/mol. The number of para-hydroxylation sites is 2. The molecule has 0 atom stereocenters. The highest BCUT2D eigenvalue weighted by molar-refractivity contribution is 7.20. The van der Waals surface area contributed by atoms with Crippen molar-refractivity contribution in [3.63, 3.8) is 0 Å². The van der Waals surface area contributed by atoms with Crippen LogP contribution in [0.4, 0.5) is 5.69 Å². The molecule has 1 amide bonds. The van der Waals surface area contributed by atoms with Gasteiger partial charge in [-0.2, -0.15) is 0 Å². The van der Waals surface area contributed by atoms with Gasteiger partial charge in [-0.15, -0.1) is 11.3 Å². The minimum absolute atomic E-state index is 0.164. The fraction of sp³-hybridized carbons (Fsp3) is 0.111. The van der Waals surface area contributed by atoms with Gasteiger partial charge in [0.05, 0.1) is 12.8 Å². The molecule has 0 spiro atoms. The van der Waals surface area contributed by atoms with Gasteiger partial charge in [-0.3, -0.25) is 4.79 Å². The van der Waals surface area contributed by atoms with Crippen LogP contribution >= 0.6 is 11.3 Å². The first-order valence-electron chi connectivity index (χ1n) is 7.23. The number of carbonyl (C=O) groups excluding carboxylic acids is 2. The van der Waals surface area contributed by atoms with Gasteiger partial charge in [-0.1, -0.05) is 12.1 Å². The van der Waals surface area contributed by atoms with Crippen molar-refractivity contribution >= 4 is 39.0 Å². The Hall–Kier alpha value is -2.86. The van der Waals surface area contributed by atoms with Crippen molar-refractivity contribution in [3.8, 4) is 11.5 Å². The molecule has 0 aliphatic rings. The number of hydrogen-bond acceptors (Lipinski definition) is 5. The average Bonchev–Trinajstić information content (AvgIpc) is 2.99. The average molecular weight is 341 g/mol. The normalized spacial score (nSPS) is 10.4. The number of methoxy groups -OCH3 is 1. The summed E-state index contributed by atoms with van der Waals surface area (Å²) in [5.74, 6) is 0.660. The molecule has 0 radical (unpaired) electrons. The Balaban J connectivity index is 1.91. The lowest BCUT2D eigenvalue weighted by molar-refractivity contribution is -0.114. The van der Waals surface area contributed by atoms with E-state index in [-0.39, 0.29) is 11.9 Å². The van der Waals surface area contributed by atoms with Gasteiger partial charge in [0.25, 0.3) is 0 Å². The van der Waals surface area contributed by atoms with E-state index in [1.807, 2.05) is 30.3 Å². The number of benzene rings is 2. The molecule has 0 bridgehead atoms. The molecule has 2 aromatic carbocycles. The van der Waals surface area contributed by atoms with Gasteiger partial charge in [0, 0.05) is 11.6 Å². The molecule has 3 rings (SSSR count). The minimum atomic E-state index is -0.352. The summed E-state index contributed by atoms with van der Waals surface area (Å²) in [7, 11) is 1.36. The van der Waals surface area contributed by atoms with E-state index >= 15 is 0 Å². The molecule has 1 heterocycles. The van der Waals surface area contributed by atoms with Crippen LogP contribution in [0.5, 0.6) is 11.5 Å². The van der Waals surface area contributed by atoms with E-state index in [1.54, 1.807) is 18.2 Å². The zero-order valence-corrected chi connectivity index (χ0v) is 14.0. The molecule has 0 fully saturated rings. The first-order valence-corrected chi connectivity index (χ1v) is 8.05. The second-order valence-corrected chi connectivity index (χ2v) is 6.17. The van der Waals surface area contributed by atoms with Gasteiger partial charge in [0.15, 0.2) is 5.75 Å². The summed E-state index contributed by atoms with van der Waals surface area (Å²) in [6.45, 7) is 1.45. The van der Waals surface area contributed by atoms with Crippen molar-refractivity contribution in [2.24, 2.45) is 0 Å². The first-order chi connectivity index (χ1) is 11.6. The van der Waals surface area contributed by atoms with Gasteiger partial charge in [0.1, 0.15) is 10.6 Å².